The summed E-state index contributed by atoms with van der Waals surface area (Å²) in [5, 5.41) is 4.43. The summed E-state index contributed by atoms with van der Waals surface area (Å²) in [6.45, 7) is 3.51. The molecule has 0 spiro atoms. The van der Waals surface area contributed by atoms with E-state index < -0.39 is 0 Å². The summed E-state index contributed by atoms with van der Waals surface area (Å²) < 4.78 is 1.76. The van der Waals surface area contributed by atoms with E-state index in [9.17, 15) is 0 Å². The van der Waals surface area contributed by atoms with Gasteiger partial charge in [0.05, 0.1) is 11.9 Å². The van der Waals surface area contributed by atoms with Crippen LogP contribution >= 0.6 is 0 Å². The van der Waals surface area contributed by atoms with E-state index in [1.54, 1.807) is 4.52 Å². The van der Waals surface area contributed by atoms with Crippen molar-refractivity contribution in [1.29, 1.82) is 0 Å². The zero-order chi connectivity index (χ0) is 11.7. The Bertz CT molecular complexity index is 513. The molecule has 3 rings (SSSR count). The van der Waals surface area contributed by atoms with Crippen LogP contribution in [0.5, 0.6) is 0 Å². The molecule has 1 aliphatic heterocycles. The van der Waals surface area contributed by atoms with E-state index in [2.05, 4.69) is 15.0 Å². The fourth-order valence-corrected chi connectivity index (χ4v) is 2.32. The van der Waals surface area contributed by atoms with Gasteiger partial charge in [-0.25, -0.2) is 9.50 Å². The largest absolute Gasteiger partial charge is 0.397 e. The van der Waals surface area contributed by atoms with Crippen molar-refractivity contribution < 1.29 is 0 Å². The van der Waals surface area contributed by atoms with Crippen LogP contribution in [0.2, 0.25) is 0 Å². The quantitative estimate of drug-likeness (QED) is 0.854. The first-order valence-corrected chi connectivity index (χ1v) is 6.14. The molecule has 1 fully saturated rings. The predicted octanol–water partition coefficient (Wildman–Crippen LogP) is 0.950. The summed E-state index contributed by atoms with van der Waals surface area (Å²) in [5.41, 5.74) is 7.30. The number of nitrogens with zero attached hydrogens (tertiary/aromatic N) is 4. The second-order valence-corrected chi connectivity index (χ2v) is 4.59. The third-order valence-electron chi connectivity index (χ3n) is 3.25. The van der Waals surface area contributed by atoms with E-state index in [1.807, 2.05) is 18.3 Å². The number of nitrogen functional groups attached to an aromatic ring is 1. The molecule has 17 heavy (non-hydrogen) atoms. The van der Waals surface area contributed by atoms with Gasteiger partial charge < -0.3 is 10.6 Å². The Hall–Kier alpha value is -1.62. The van der Waals surface area contributed by atoms with Gasteiger partial charge in [-0.2, -0.15) is 5.10 Å². The second-order valence-electron chi connectivity index (χ2n) is 4.59. The number of anilines is 1. The van der Waals surface area contributed by atoms with Crippen molar-refractivity contribution in [1.82, 2.24) is 19.5 Å². The highest BCUT2D eigenvalue weighted by Gasteiger charge is 2.12. The molecule has 2 N–H and O–H groups in total. The fourth-order valence-electron chi connectivity index (χ4n) is 2.32. The minimum atomic E-state index is 0.716. The SMILES string of the molecule is Nc1ccc2nc(CCN3CCCC3)nn2c1. The summed E-state index contributed by atoms with van der Waals surface area (Å²) in [6.07, 6.45) is 5.38. The van der Waals surface area contributed by atoms with Crippen LogP contribution in [0.15, 0.2) is 18.3 Å². The molecule has 3 heterocycles. The molecule has 0 aromatic carbocycles. The van der Waals surface area contributed by atoms with Crippen molar-refractivity contribution in [2.24, 2.45) is 0 Å². The number of rotatable bonds is 3. The average molecular weight is 231 g/mol. The van der Waals surface area contributed by atoms with Crippen LogP contribution in [0.1, 0.15) is 18.7 Å². The first kappa shape index (κ1) is 10.5. The summed E-state index contributed by atoms with van der Waals surface area (Å²) in [6, 6.07) is 3.76. The van der Waals surface area contributed by atoms with Crippen LogP contribution < -0.4 is 5.73 Å². The van der Waals surface area contributed by atoms with E-state index in [4.69, 9.17) is 5.73 Å². The smallest absolute Gasteiger partial charge is 0.155 e. The van der Waals surface area contributed by atoms with Gasteiger partial charge >= 0.3 is 0 Å². The molecule has 0 atom stereocenters. The van der Waals surface area contributed by atoms with E-state index in [1.165, 1.54) is 25.9 Å². The van der Waals surface area contributed by atoms with Crippen molar-refractivity contribution in [2.75, 3.05) is 25.4 Å². The van der Waals surface area contributed by atoms with Gasteiger partial charge in [-0.3, -0.25) is 0 Å². The normalized spacial score (nSPS) is 16.9. The molecule has 5 heteroatoms. The Morgan fingerprint density at radius 2 is 2.06 bits per heavy atom. The lowest BCUT2D eigenvalue weighted by Crippen LogP contribution is -2.22. The van der Waals surface area contributed by atoms with Gasteiger partial charge in [-0.1, -0.05) is 0 Å². The number of nitrogens with two attached hydrogens (primary N) is 1. The van der Waals surface area contributed by atoms with Gasteiger partial charge in [0.2, 0.25) is 0 Å². The summed E-state index contributed by atoms with van der Waals surface area (Å²) >= 11 is 0. The molecule has 2 aromatic heterocycles. The van der Waals surface area contributed by atoms with Crippen LogP contribution in [0.3, 0.4) is 0 Å². The number of aromatic nitrogens is 3. The van der Waals surface area contributed by atoms with Crippen LogP contribution in [-0.2, 0) is 6.42 Å². The second kappa shape index (κ2) is 4.33. The number of fused-ring (bicyclic) bond motifs is 1. The van der Waals surface area contributed by atoms with Gasteiger partial charge in [-0.05, 0) is 38.1 Å². The van der Waals surface area contributed by atoms with Crippen LogP contribution in [0.25, 0.3) is 5.65 Å². The molecule has 0 aliphatic carbocycles. The zero-order valence-corrected chi connectivity index (χ0v) is 9.84. The Morgan fingerprint density at radius 3 is 2.88 bits per heavy atom. The lowest BCUT2D eigenvalue weighted by atomic mass is 10.4. The summed E-state index contributed by atoms with van der Waals surface area (Å²) in [5.74, 6) is 0.905. The van der Waals surface area contributed by atoms with Gasteiger partial charge in [0.25, 0.3) is 0 Å². The molecule has 1 aliphatic rings. The lowest BCUT2D eigenvalue weighted by Gasteiger charge is -2.12. The number of pyridine rings is 1. The summed E-state index contributed by atoms with van der Waals surface area (Å²) in [4.78, 5) is 6.96. The number of hydrogen-bond donors (Lipinski definition) is 1. The molecule has 0 bridgehead atoms. The molecule has 1 saturated heterocycles. The minimum absolute atomic E-state index is 0.716. The van der Waals surface area contributed by atoms with Crippen LogP contribution in [0, 0.1) is 0 Å². The van der Waals surface area contributed by atoms with Crippen molar-refractivity contribution in [2.45, 2.75) is 19.3 Å². The first-order valence-electron chi connectivity index (χ1n) is 6.14. The van der Waals surface area contributed by atoms with Crippen molar-refractivity contribution in [3.05, 3.63) is 24.2 Å². The summed E-state index contributed by atoms with van der Waals surface area (Å²) in [7, 11) is 0. The molecule has 0 radical (unpaired) electrons. The van der Waals surface area contributed by atoms with E-state index in [-0.39, 0.29) is 0 Å². The van der Waals surface area contributed by atoms with Gasteiger partial charge in [0, 0.05) is 13.0 Å². The van der Waals surface area contributed by atoms with Crippen LogP contribution in [-0.4, -0.2) is 39.1 Å². The highest BCUT2D eigenvalue weighted by Crippen LogP contribution is 2.09. The molecule has 0 unspecified atom stereocenters. The highest BCUT2D eigenvalue weighted by atomic mass is 15.3. The minimum Gasteiger partial charge on any atom is -0.397 e. The molecule has 5 nitrogen and oxygen atoms in total. The Morgan fingerprint density at radius 1 is 1.24 bits per heavy atom. The van der Waals surface area contributed by atoms with Crippen molar-refractivity contribution in [3.8, 4) is 0 Å². The van der Waals surface area contributed by atoms with Crippen molar-refractivity contribution >= 4 is 11.3 Å². The maximum atomic E-state index is 5.71. The Labute approximate surface area is 100 Å². The number of likely N-dealkylation sites (tertiary alicyclic amines) is 1. The van der Waals surface area contributed by atoms with E-state index in [0.717, 1.165) is 24.4 Å². The standard InChI is InChI=1S/C12H17N5/c13-10-3-4-12-14-11(15-17(12)9-10)5-8-16-6-1-2-7-16/h3-4,9H,1-2,5-8,13H2. The Balaban J connectivity index is 1.72. The molecule has 90 valence electrons. The topological polar surface area (TPSA) is 59.5 Å². The molecule has 0 saturated carbocycles. The van der Waals surface area contributed by atoms with Crippen molar-refractivity contribution in [3.63, 3.8) is 0 Å². The number of hydrogen-bond acceptors (Lipinski definition) is 4. The molecular formula is C12H17N5. The monoisotopic (exact) mass is 231 g/mol. The highest BCUT2D eigenvalue weighted by molar-refractivity contribution is 5.46. The molecular weight excluding hydrogens is 214 g/mol. The van der Waals surface area contributed by atoms with E-state index >= 15 is 0 Å². The first-order chi connectivity index (χ1) is 8.31. The maximum absolute atomic E-state index is 5.71. The van der Waals surface area contributed by atoms with E-state index in [0.29, 0.717) is 5.69 Å². The lowest BCUT2D eigenvalue weighted by molar-refractivity contribution is 0.341. The van der Waals surface area contributed by atoms with Gasteiger partial charge in [0.15, 0.2) is 11.5 Å². The molecule has 2 aromatic rings. The van der Waals surface area contributed by atoms with Gasteiger partial charge in [-0.15, -0.1) is 0 Å². The zero-order valence-electron chi connectivity index (χ0n) is 9.84. The maximum Gasteiger partial charge on any atom is 0.155 e. The van der Waals surface area contributed by atoms with Crippen LogP contribution in [0.4, 0.5) is 5.69 Å². The van der Waals surface area contributed by atoms with Gasteiger partial charge in [0.1, 0.15) is 0 Å². The third kappa shape index (κ3) is 2.24. The average Bonchev–Trinajstić information content (AvgIpc) is 2.94. The Kier molecular flexibility index (Phi) is 2.68. The predicted molar refractivity (Wildman–Crippen MR) is 66.8 cm³/mol. The molecule has 0 amide bonds. The fraction of sp³-hybridized carbons (Fsp3) is 0.500. The third-order valence-corrected chi connectivity index (χ3v) is 3.25.